The molecule has 0 unspecified atom stereocenters. The Morgan fingerprint density at radius 3 is 3.29 bits per heavy atom. The Kier molecular flexibility index (Phi) is 2.73. The summed E-state index contributed by atoms with van der Waals surface area (Å²) in [5.41, 5.74) is 1.42. The number of pyridine rings is 1. The molecule has 2 rings (SSSR count). The fourth-order valence-corrected chi connectivity index (χ4v) is 1.48. The van der Waals surface area contributed by atoms with Crippen LogP contribution in [0, 0.1) is 11.3 Å². The van der Waals surface area contributed by atoms with E-state index in [1.807, 2.05) is 17.2 Å². The lowest BCUT2D eigenvalue weighted by Gasteiger charge is -2.13. The van der Waals surface area contributed by atoms with Gasteiger partial charge in [-0.05, 0) is 12.5 Å². The number of nitrogens with zero attached hydrogens (tertiary/aromatic N) is 3. The van der Waals surface area contributed by atoms with Gasteiger partial charge in [0.25, 0.3) is 0 Å². The molecule has 0 amide bonds. The van der Waals surface area contributed by atoms with Crippen molar-refractivity contribution >= 4 is 0 Å². The van der Waals surface area contributed by atoms with E-state index in [4.69, 9.17) is 10.1 Å². The summed E-state index contributed by atoms with van der Waals surface area (Å²) >= 11 is 0. The Bertz CT molecular complexity index is 353. The molecule has 1 aliphatic rings. The minimum absolute atomic E-state index is 0.489. The number of hydrogen-bond acceptors (Lipinski definition) is 4. The minimum atomic E-state index is 0.489. The van der Waals surface area contributed by atoms with Crippen molar-refractivity contribution in [3.05, 3.63) is 29.6 Å². The van der Waals surface area contributed by atoms with Crippen molar-refractivity contribution in [1.82, 2.24) is 10.0 Å². The SMILES string of the molecule is N#Cc1ncccc1CN1CCCO1. The molecule has 72 valence electrons. The van der Waals surface area contributed by atoms with Crippen LogP contribution in [-0.4, -0.2) is 23.2 Å². The maximum atomic E-state index is 8.82. The summed E-state index contributed by atoms with van der Waals surface area (Å²) in [7, 11) is 0. The van der Waals surface area contributed by atoms with Crippen molar-refractivity contribution in [3.8, 4) is 6.07 Å². The van der Waals surface area contributed by atoms with Crippen LogP contribution in [0.2, 0.25) is 0 Å². The Balaban J connectivity index is 2.11. The van der Waals surface area contributed by atoms with Gasteiger partial charge in [0.15, 0.2) is 0 Å². The first-order chi connectivity index (χ1) is 6.90. The molecule has 0 saturated carbocycles. The molecule has 4 heteroatoms. The van der Waals surface area contributed by atoms with Gasteiger partial charge in [-0.25, -0.2) is 4.98 Å². The Hall–Kier alpha value is -1.44. The maximum absolute atomic E-state index is 8.82. The average molecular weight is 189 g/mol. The van der Waals surface area contributed by atoms with Crippen LogP contribution in [0.3, 0.4) is 0 Å². The van der Waals surface area contributed by atoms with E-state index in [0.29, 0.717) is 12.2 Å². The molecule has 1 aromatic heterocycles. The number of hydroxylamine groups is 2. The molecular formula is C10H11N3O. The van der Waals surface area contributed by atoms with Crippen molar-refractivity contribution in [3.63, 3.8) is 0 Å². The molecule has 0 aliphatic carbocycles. The van der Waals surface area contributed by atoms with Gasteiger partial charge in [-0.3, -0.25) is 4.84 Å². The normalized spacial score (nSPS) is 16.8. The highest BCUT2D eigenvalue weighted by atomic mass is 16.7. The topological polar surface area (TPSA) is 49.2 Å². The lowest BCUT2D eigenvalue weighted by molar-refractivity contribution is -0.117. The Morgan fingerprint density at radius 1 is 1.64 bits per heavy atom. The largest absolute Gasteiger partial charge is 0.299 e. The molecule has 0 atom stereocenters. The molecule has 0 aromatic carbocycles. The highest BCUT2D eigenvalue weighted by Crippen LogP contribution is 2.12. The molecule has 1 aromatic rings. The molecular weight excluding hydrogens is 178 g/mol. The monoisotopic (exact) mass is 189 g/mol. The molecule has 14 heavy (non-hydrogen) atoms. The third-order valence-electron chi connectivity index (χ3n) is 2.17. The van der Waals surface area contributed by atoms with Crippen molar-refractivity contribution < 1.29 is 4.84 Å². The molecule has 0 spiro atoms. The zero-order valence-corrected chi connectivity index (χ0v) is 7.81. The van der Waals surface area contributed by atoms with Gasteiger partial charge in [-0.2, -0.15) is 10.3 Å². The van der Waals surface area contributed by atoms with Crippen LogP contribution in [0.25, 0.3) is 0 Å². The highest BCUT2D eigenvalue weighted by Gasteiger charge is 2.14. The summed E-state index contributed by atoms with van der Waals surface area (Å²) in [6.07, 6.45) is 2.69. The summed E-state index contributed by atoms with van der Waals surface area (Å²) in [5.74, 6) is 0. The van der Waals surface area contributed by atoms with Gasteiger partial charge in [0.05, 0.1) is 13.2 Å². The second-order valence-electron chi connectivity index (χ2n) is 3.17. The molecule has 1 fully saturated rings. The summed E-state index contributed by atoms with van der Waals surface area (Å²) < 4.78 is 0. The molecule has 4 nitrogen and oxygen atoms in total. The van der Waals surface area contributed by atoms with Gasteiger partial charge in [0.2, 0.25) is 0 Å². The van der Waals surface area contributed by atoms with Crippen LogP contribution in [0.4, 0.5) is 0 Å². The van der Waals surface area contributed by atoms with E-state index >= 15 is 0 Å². The van der Waals surface area contributed by atoms with Crippen LogP contribution < -0.4 is 0 Å². The molecule has 2 heterocycles. The highest BCUT2D eigenvalue weighted by molar-refractivity contribution is 5.30. The van der Waals surface area contributed by atoms with Gasteiger partial charge < -0.3 is 0 Å². The van der Waals surface area contributed by atoms with Crippen molar-refractivity contribution in [2.45, 2.75) is 13.0 Å². The van der Waals surface area contributed by atoms with E-state index in [0.717, 1.165) is 25.1 Å². The fraction of sp³-hybridized carbons (Fsp3) is 0.400. The second-order valence-corrected chi connectivity index (χ2v) is 3.17. The standard InChI is InChI=1S/C10H11N3O/c11-7-10-9(3-1-4-12-10)8-13-5-2-6-14-13/h1,3-4H,2,5-6,8H2. The first-order valence-electron chi connectivity index (χ1n) is 4.62. The quantitative estimate of drug-likeness (QED) is 0.698. The maximum Gasteiger partial charge on any atom is 0.145 e. The second kappa shape index (κ2) is 4.18. The van der Waals surface area contributed by atoms with E-state index in [2.05, 4.69) is 11.1 Å². The van der Waals surface area contributed by atoms with Crippen LogP contribution >= 0.6 is 0 Å². The summed E-state index contributed by atoms with van der Waals surface area (Å²) in [5, 5.41) is 10.7. The van der Waals surface area contributed by atoms with E-state index in [1.165, 1.54) is 0 Å². The van der Waals surface area contributed by atoms with Crippen LogP contribution in [0.5, 0.6) is 0 Å². The predicted octanol–water partition coefficient (Wildman–Crippen LogP) is 1.09. The van der Waals surface area contributed by atoms with Gasteiger partial charge in [-0.1, -0.05) is 6.07 Å². The summed E-state index contributed by atoms with van der Waals surface area (Å²) in [6, 6.07) is 5.83. The lowest BCUT2D eigenvalue weighted by Crippen LogP contribution is -2.17. The van der Waals surface area contributed by atoms with Gasteiger partial charge in [-0.15, -0.1) is 0 Å². The summed E-state index contributed by atoms with van der Waals surface area (Å²) in [6.45, 7) is 2.36. The first kappa shape index (κ1) is 9.13. The molecule has 0 N–H and O–H groups in total. The summed E-state index contributed by atoms with van der Waals surface area (Å²) in [4.78, 5) is 9.35. The number of rotatable bonds is 2. The van der Waals surface area contributed by atoms with E-state index in [-0.39, 0.29) is 0 Å². The zero-order chi connectivity index (χ0) is 9.80. The number of hydrogen-bond donors (Lipinski definition) is 0. The lowest BCUT2D eigenvalue weighted by atomic mass is 10.2. The van der Waals surface area contributed by atoms with Gasteiger partial charge in [0, 0.05) is 18.3 Å². The van der Waals surface area contributed by atoms with Crippen molar-refractivity contribution in [1.29, 1.82) is 5.26 Å². The van der Waals surface area contributed by atoms with Crippen molar-refractivity contribution in [2.75, 3.05) is 13.2 Å². The third kappa shape index (κ3) is 1.90. The smallest absolute Gasteiger partial charge is 0.145 e. The van der Waals surface area contributed by atoms with Crippen LogP contribution in [0.1, 0.15) is 17.7 Å². The number of aromatic nitrogens is 1. The minimum Gasteiger partial charge on any atom is -0.299 e. The Labute approximate surface area is 82.7 Å². The first-order valence-corrected chi connectivity index (χ1v) is 4.62. The molecule has 1 aliphatic heterocycles. The van der Waals surface area contributed by atoms with E-state index in [9.17, 15) is 0 Å². The molecule has 0 radical (unpaired) electrons. The third-order valence-corrected chi connectivity index (χ3v) is 2.17. The fourth-order valence-electron chi connectivity index (χ4n) is 1.48. The van der Waals surface area contributed by atoms with E-state index in [1.54, 1.807) is 6.20 Å². The number of nitriles is 1. The van der Waals surface area contributed by atoms with Gasteiger partial charge in [0.1, 0.15) is 11.8 Å². The molecule has 1 saturated heterocycles. The van der Waals surface area contributed by atoms with Crippen molar-refractivity contribution in [2.24, 2.45) is 0 Å². The van der Waals surface area contributed by atoms with Crippen LogP contribution in [-0.2, 0) is 11.4 Å². The predicted molar refractivity (Wildman–Crippen MR) is 49.9 cm³/mol. The average Bonchev–Trinajstić information content (AvgIpc) is 2.71. The van der Waals surface area contributed by atoms with Gasteiger partial charge >= 0.3 is 0 Å². The molecule has 0 bridgehead atoms. The van der Waals surface area contributed by atoms with E-state index < -0.39 is 0 Å². The zero-order valence-electron chi connectivity index (χ0n) is 7.81. The Morgan fingerprint density at radius 2 is 2.57 bits per heavy atom. The van der Waals surface area contributed by atoms with Crippen LogP contribution in [0.15, 0.2) is 18.3 Å².